The van der Waals surface area contributed by atoms with E-state index >= 15 is 0 Å². The molecule has 0 unspecified atom stereocenters. The molecule has 15 heteroatoms. The maximum absolute atomic E-state index is 13.0. The highest BCUT2D eigenvalue weighted by atomic mass is 35.5. The summed E-state index contributed by atoms with van der Waals surface area (Å²) < 4.78 is 35.9. The largest absolute Gasteiger partial charge is 0.465 e. The van der Waals surface area contributed by atoms with Crippen molar-refractivity contribution in [2.75, 3.05) is 36.5 Å². The molecule has 11 nitrogen and oxygen atoms in total. The Morgan fingerprint density at radius 3 is 2.66 bits per heavy atom. The van der Waals surface area contributed by atoms with Crippen LogP contribution >= 0.6 is 22.9 Å². The predicted octanol–water partition coefficient (Wildman–Crippen LogP) is 2.37. The third-order valence-corrected chi connectivity index (χ3v) is 5.83. The number of hydrogen-bond donors (Lipinski definition) is 4. The van der Waals surface area contributed by atoms with Gasteiger partial charge in [0.15, 0.2) is 5.75 Å². The molecule has 0 aliphatic carbocycles. The normalized spacial score (nSPS) is 14.4. The first kappa shape index (κ1) is 26.1. The van der Waals surface area contributed by atoms with Gasteiger partial charge in [0.25, 0.3) is 11.8 Å². The first-order valence-corrected chi connectivity index (χ1v) is 11.1. The Morgan fingerprint density at radius 1 is 1.26 bits per heavy atom. The fourth-order valence-electron chi connectivity index (χ4n) is 3.08. The van der Waals surface area contributed by atoms with E-state index in [4.69, 9.17) is 21.4 Å². The Balaban J connectivity index is 1.74. The van der Waals surface area contributed by atoms with Crippen LogP contribution in [0, 0.1) is 0 Å². The molecule has 1 saturated heterocycles. The molecule has 188 valence electrons. The van der Waals surface area contributed by atoms with Gasteiger partial charge in [-0.1, -0.05) is 11.6 Å². The van der Waals surface area contributed by atoms with Crippen molar-refractivity contribution < 1.29 is 42.5 Å². The first-order chi connectivity index (χ1) is 16.6. The number of anilines is 2. The number of benzene rings is 1. The molecule has 0 spiro atoms. The molecule has 1 aromatic heterocycles. The SMILES string of the molecule is O=C(O)N[C@H](CNC(=O)c1ccc(Cl)s1)C(=O)Nc1ccc(N2CCOCC2=O)c(OC(F)F)c1. The van der Waals surface area contributed by atoms with Crippen LogP contribution in [0.5, 0.6) is 5.75 Å². The van der Waals surface area contributed by atoms with Crippen LogP contribution in [-0.2, 0) is 14.3 Å². The maximum Gasteiger partial charge on any atom is 0.405 e. The smallest absolute Gasteiger partial charge is 0.405 e. The Bertz CT molecular complexity index is 1120. The summed E-state index contributed by atoms with van der Waals surface area (Å²) in [5, 5.41) is 15.8. The minimum absolute atomic E-state index is 0.0105. The quantitative estimate of drug-likeness (QED) is 0.388. The summed E-state index contributed by atoms with van der Waals surface area (Å²) in [6.45, 7) is -3.53. The molecule has 1 aromatic carbocycles. The second-order valence-corrected chi connectivity index (χ2v) is 8.68. The van der Waals surface area contributed by atoms with Crippen molar-refractivity contribution in [3.63, 3.8) is 0 Å². The highest BCUT2D eigenvalue weighted by molar-refractivity contribution is 7.18. The number of alkyl halides is 2. The summed E-state index contributed by atoms with van der Waals surface area (Å²) in [5.74, 6) is -2.28. The van der Waals surface area contributed by atoms with Crippen molar-refractivity contribution in [3.8, 4) is 5.75 Å². The molecule has 2 heterocycles. The van der Waals surface area contributed by atoms with Crippen LogP contribution in [0.25, 0.3) is 0 Å². The van der Waals surface area contributed by atoms with Gasteiger partial charge in [-0.2, -0.15) is 8.78 Å². The Kier molecular flexibility index (Phi) is 8.78. The summed E-state index contributed by atoms with van der Waals surface area (Å²) in [6.07, 6.45) is -1.53. The van der Waals surface area contributed by atoms with Crippen LogP contribution in [-0.4, -0.2) is 67.9 Å². The number of morpholine rings is 1. The average Bonchev–Trinajstić information content (AvgIpc) is 3.23. The van der Waals surface area contributed by atoms with Crippen LogP contribution < -0.4 is 25.6 Å². The zero-order valence-corrected chi connectivity index (χ0v) is 19.3. The monoisotopic (exact) mass is 532 g/mol. The van der Waals surface area contributed by atoms with E-state index in [0.717, 1.165) is 17.4 Å². The lowest BCUT2D eigenvalue weighted by Crippen LogP contribution is -2.50. The molecular weight excluding hydrogens is 514 g/mol. The molecule has 1 atom stereocenters. The number of carbonyl (C=O) groups is 4. The van der Waals surface area contributed by atoms with Gasteiger partial charge < -0.3 is 35.4 Å². The molecule has 3 rings (SSSR count). The fraction of sp³-hybridized carbons (Fsp3) is 0.300. The van der Waals surface area contributed by atoms with Crippen molar-refractivity contribution >= 4 is 58.1 Å². The molecule has 35 heavy (non-hydrogen) atoms. The lowest BCUT2D eigenvalue weighted by atomic mass is 10.2. The molecule has 4 amide bonds. The number of ether oxygens (including phenoxy) is 2. The number of carbonyl (C=O) groups excluding carboxylic acids is 3. The van der Waals surface area contributed by atoms with E-state index in [2.05, 4.69) is 15.4 Å². The van der Waals surface area contributed by atoms with Crippen LogP contribution in [0.2, 0.25) is 4.34 Å². The highest BCUT2D eigenvalue weighted by Crippen LogP contribution is 2.33. The van der Waals surface area contributed by atoms with Crippen LogP contribution in [0.4, 0.5) is 25.0 Å². The second-order valence-electron chi connectivity index (χ2n) is 6.96. The fourth-order valence-corrected chi connectivity index (χ4v) is 4.04. The minimum atomic E-state index is -3.21. The molecule has 4 N–H and O–H groups in total. The number of nitrogens with zero attached hydrogens (tertiary/aromatic N) is 1. The average molecular weight is 533 g/mol. The molecule has 0 radical (unpaired) electrons. The Hall–Kier alpha value is -3.49. The number of hydrogen-bond acceptors (Lipinski definition) is 7. The molecule has 1 fully saturated rings. The zero-order valence-electron chi connectivity index (χ0n) is 17.8. The van der Waals surface area contributed by atoms with E-state index in [1.165, 1.54) is 29.2 Å². The molecular formula is C20H19ClF2N4O7S. The summed E-state index contributed by atoms with van der Waals surface area (Å²) in [4.78, 5) is 49.6. The van der Waals surface area contributed by atoms with E-state index in [-0.39, 0.29) is 41.8 Å². The Morgan fingerprint density at radius 2 is 2.03 bits per heavy atom. The van der Waals surface area contributed by atoms with Crippen LogP contribution in [0.3, 0.4) is 0 Å². The van der Waals surface area contributed by atoms with Crippen molar-refractivity contribution in [1.29, 1.82) is 0 Å². The van der Waals surface area contributed by atoms with Gasteiger partial charge in [0.05, 0.1) is 21.5 Å². The van der Waals surface area contributed by atoms with Crippen molar-refractivity contribution in [2.24, 2.45) is 0 Å². The van der Waals surface area contributed by atoms with Crippen molar-refractivity contribution in [3.05, 3.63) is 39.5 Å². The van der Waals surface area contributed by atoms with Gasteiger partial charge in [-0.05, 0) is 24.3 Å². The summed E-state index contributed by atoms with van der Waals surface area (Å²) in [5.41, 5.74) is 0.0438. The number of amides is 4. The Labute approximate surface area is 205 Å². The second kappa shape index (κ2) is 11.8. The van der Waals surface area contributed by atoms with Crippen LogP contribution in [0.1, 0.15) is 9.67 Å². The van der Waals surface area contributed by atoms with E-state index < -0.39 is 43.0 Å². The van der Waals surface area contributed by atoms with Crippen molar-refractivity contribution in [2.45, 2.75) is 12.7 Å². The summed E-state index contributed by atoms with van der Waals surface area (Å²) in [7, 11) is 0. The van der Waals surface area contributed by atoms with Crippen molar-refractivity contribution in [1.82, 2.24) is 10.6 Å². The maximum atomic E-state index is 13.0. The number of nitrogens with one attached hydrogen (secondary N) is 3. The van der Waals surface area contributed by atoms with Gasteiger partial charge in [-0.15, -0.1) is 11.3 Å². The van der Waals surface area contributed by atoms with Gasteiger partial charge in [0, 0.05) is 24.8 Å². The number of carboxylic acid groups (broad SMARTS) is 1. The lowest BCUT2D eigenvalue weighted by Gasteiger charge is -2.28. The predicted molar refractivity (Wildman–Crippen MR) is 121 cm³/mol. The minimum Gasteiger partial charge on any atom is -0.465 e. The third kappa shape index (κ3) is 7.24. The summed E-state index contributed by atoms with van der Waals surface area (Å²) >= 11 is 6.79. The molecule has 0 bridgehead atoms. The van der Waals surface area contributed by atoms with Gasteiger partial charge >= 0.3 is 12.7 Å². The summed E-state index contributed by atoms with van der Waals surface area (Å²) in [6, 6.07) is 5.26. The van der Waals surface area contributed by atoms with Gasteiger partial charge in [0.1, 0.15) is 12.6 Å². The van der Waals surface area contributed by atoms with E-state index in [9.17, 15) is 28.0 Å². The van der Waals surface area contributed by atoms with Gasteiger partial charge in [-0.3, -0.25) is 14.4 Å². The molecule has 1 aliphatic heterocycles. The molecule has 2 aromatic rings. The lowest BCUT2D eigenvalue weighted by molar-refractivity contribution is -0.125. The zero-order chi connectivity index (χ0) is 25.5. The van der Waals surface area contributed by atoms with Gasteiger partial charge in [-0.25, -0.2) is 4.79 Å². The van der Waals surface area contributed by atoms with Gasteiger partial charge in [0.2, 0.25) is 5.91 Å². The first-order valence-electron chi connectivity index (χ1n) is 9.95. The standard InChI is InChI=1S/C20H19ClF2N4O7S/c21-15-4-3-14(35-15)18(30)24-8-11(26-20(31)32)17(29)25-10-1-2-12(13(7-10)34-19(22)23)27-5-6-33-9-16(27)28/h1-4,7,11,19,26H,5-6,8-9H2,(H,24,30)(H,25,29)(H,31,32)/t11-/m1/s1. The van der Waals surface area contributed by atoms with E-state index in [1.54, 1.807) is 0 Å². The molecule has 0 saturated carbocycles. The number of halogens is 3. The topological polar surface area (TPSA) is 146 Å². The van der Waals surface area contributed by atoms with E-state index in [1.807, 2.05) is 5.32 Å². The highest BCUT2D eigenvalue weighted by Gasteiger charge is 2.26. The number of thiophene rings is 1. The molecule has 1 aliphatic rings. The third-order valence-electron chi connectivity index (χ3n) is 4.60. The number of rotatable bonds is 9. The van der Waals surface area contributed by atoms with Crippen LogP contribution in [0.15, 0.2) is 30.3 Å². The van der Waals surface area contributed by atoms with E-state index in [0.29, 0.717) is 4.34 Å².